The Morgan fingerprint density at radius 3 is 2.89 bits per heavy atom. The molecule has 0 fully saturated rings. The third kappa shape index (κ3) is 2.93. The Balaban J connectivity index is 1.97. The molecule has 0 unspecified atom stereocenters. The van der Waals surface area contributed by atoms with Crippen molar-refractivity contribution in [3.63, 3.8) is 0 Å². The number of hydrogen-bond donors (Lipinski definition) is 1. The molecule has 0 aromatic carbocycles. The number of halogens is 1. The van der Waals surface area contributed by atoms with Crippen molar-refractivity contribution in [2.24, 2.45) is 7.05 Å². The molecule has 18 heavy (non-hydrogen) atoms. The molecule has 100 valence electrons. The zero-order valence-corrected chi connectivity index (χ0v) is 11.8. The number of sulfonamides is 1. The molecule has 1 aromatic heterocycles. The Labute approximate surface area is 112 Å². The molecule has 0 atom stereocenters. The van der Waals surface area contributed by atoms with Crippen molar-refractivity contribution in [2.75, 3.05) is 6.54 Å². The Kier molecular flexibility index (Phi) is 4.09. The smallest absolute Gasteiger partial charge is 0.261 e. The molecule has 1 aliphatic carbocycles. The summed E-state index contributed by atoms with van der Waals surface area (Å²) in [6.07, 6.45) is 7.68. The summed E-state index contributed by atoms with van der Waals surface area (Å²) in [7, 11) is -1.95. The largest absolute Gasteiger partial charge is 0.324 e. The lowest BCUT2D eigenvalue weighted by Gasteiger charge is -2.05. The molecule has 1 aliphatic rings. The number of aryl methyl sites for hydroxylation is 1. The first-order valence-electron chi connectivity index (χ1n) is 5.85. The van der Waals surface area contributed by atoms with Crippen molar-refractivity contribution in [1.82, 2.24) is 14.3 Å². The predicted octanol–water partition coefficient (Wildman–Crippen LogP) is 1.85. The fraction of sp³-hybridized carbons (Fsp3) is 0.545. The minimum absolute atomic E-state index is 0.105. The maximum absolute atomic E-state index is 11.9. The van der Waals surface area contributed by atoms with Gasteiger partial charge in [0.15, 0.2) is 0 Å². The van der Waals surface area contributed by atoms with Crippen LogP contribution in [-0.4, -0.2) is 24.5 Å². The second-order valence-corrected chi connectivity index (χ2v) is 6.39. The average Bonchev–Trinajstić information content (AvgIpc) is 2.91. The number of allylic oxidation sites excluding steroid dienone is 1. The van der Waals surface area contributed by atoms with Crippen molar-refractivity contribution in [3.05, 3.63) is 23.1 Å². The SMILES string of the molecule is Cn1cnc(S(=O)(=O)NCCC2=CCCC2)c1Cl. The van der Waals surface area contributed by atoms with Crippen LogP contribution in [0.25, 0.3) is 0 Å². The molecule has 0 bridgehead atoms. The highest BCUT2D eigenvalue weighted by molar-refractivity contribution is 7.89. The first kappa shape index (κ1) is 13.6. The molecular weight excluding hydrogens is 274 g/mol. The van der Waals surface area contributed by atoms with Crippen LogP contribution < -0.4 is 4.72 Å². The van der Waals surface area contributed by atoms with Gasteiger partial charge in [-0.3, -0.25) is 0 Å². The molecule has 2 rings (SSSR count). The van der Waals surface area contributed by atoms with Crippen LogP contribution in [0.15, 0.2) is 23.0 Å². The molecule has 1 N–H and O–H groups in total. The van der Waals surface area contributed by atoms with Gasteiger partial charge < -0.3 is 4.57 Å². The van der Waals surface area contributed by atoms with E-state index in [4.69, 9.17) is 11.6 Å². The third-order valence-electron chi connectivity index (χ3n) is 2.96. The molecule has 0 amide bonds. The minimum Gasteiger partial charge on any atom is -0.324 e. The number of rotatable bonds is 5. The van der Waals surface area contributed by atoms with Crippen LogP contribution in [0.1, 0.15) is 25.7 Å². The Hall–Kier alpha value is -0.850. The quantitative estimate of drug-likeness (QED) is 0.842. The number of hydrogen-bond acceptors (Lipinski definition) is 3. The van der Waals surface area contributed by atoms with Gasteiger partial charge in [0.05, 0.1) is 6.33 Å². The molecule has 7 heteroatoms. The van der Waals surface area contributed by atoms with Crippen LogP contribution in [0.2, 0.25) is 5.15 Å². The first-order chi connectivity index (χ1) is 8.50. The highest BCUT2D eigenvalue weighted by Crippen LogP contribution is 2.21. The fourth-order valence-corrected chi connectivity index (χ4v) is 3.41. The van der Waals surface area contributed by atoms with Crippen LogP contribution in [-0.2, 0) is 17.1 Å². The summed E-state index contributed by atoms with van der Waals surface area (Å²) in [6.45, 7) is 0.390. The lowest BCUT2D eigenvalue weighted by molar-refractivity contribution is 0.578. The van der Waals surface area contributed by atoms with E-state index >= 15 is 0 Å². The summed E-state index contributed by atoms with van der Waals surface area (Å²) < 4.78 is 27.9. The minimum atomic E-state index is -3.60. The van der Waals surface area contributed by atoms with E-state index in [1.54, 1.807) is 7.05 Å². The molecule has 0 saturated heterocycles. The maximum Gasteiger partial charge on any atom is 0.261 e. The zero-order chi connectivity index (χ0) is 13.2. The maximum atomic E-state index is 11.9. The van der Waals surface area contributed by atoms with E-state index in [1.165, 1.54) is 22.9 Å². The molecule has 0 saturated carbocycles. The zero-order valence-electron chi connectivity index (χ0n) is 10.2. The van der Waals surface area contributed by atoms with Gasteiger partial charge in [0, 0.05) is 13.6 Å². The van der Waals surface area contributed by atoms with E-state index < -0.39 is 10.0 Å². The summed E-state index contributed by atoms with van der Waals surface area (Å²) in [5, 5.41) is 0.0228. The van der Waals surface area contributed by atoms with Crippen molar-refractivity contribution in [2.45, 2.75) is 30.7 Å². The Bertz CT molecular complexity index is 563. The number of nitrogens with zero attached hydrogens (tertiary/aromatic N) is 2. The third-order valence-corrected chi connectivity index (χ3v) is 4.91. The second-order valence-electron chi connectivity index (χ2n) is 4.35. The Morgan fingerprint density at radius 1 is 1.56 bits per heavy atom. The molecule has 1 heterocycles. The van der Waals surface area contributed by atoms with Crippen LogP contribution in [0.3, 0.4) is 0 Å². The van der Waals surface area contributed by atoms with Crippen molar-refractivity contribution in [1.29, 1.82) is 0 Å². The van der Waals surface area contributed by atoms with Crippen LogP contribution in [0, 0.1) is 0 Å². The first-order valence-corrected chi connectivity index (χ1v) is 7.71. The van der Waals surface area contributed by atoms with E-state index in [2.05, 4.69) is 15.8 Å². The lowest BCUT2D eigenvalue weighted by Crippen LogP contribution is -2.25. The molecule has 0 aliphatic heterocycles. The van der Waals surface area contributed by atoms with Gasteiger partial charge in [-0.1, -0.05) is 23.3 Å². The van der Waals surface area contributed by atoms with E-state index in [1.807, 2.05) is 0 Å². The average molecular weight is 290 g/mol. The normalized spacial score (nSPS) is 16.0. The topological polar surface area (TPSA) is 64.0 Å². The Morgan fingerprint density at radius 2 is 2.33 bits per heavy atom. The number of nitrogens with one attached hydrogen (secondary N) is 1. The lowest BCUT2D eigenvalue weighted by atomic mass is 10.2. The van der Waals surface area contributed by atoms with Crippen LogP contribution in [0.4, 0.5) is 0 Å². The summed E-state index contributed by atoms with van der Waals surface area (Å²) >= 11 is 5.87. The molecular formula is C11H16ClN3O2S. The van der Waals surface area contributed by atoms with Gasteiger partial charge in [0.25, 0.3) is 10.0 Å². The summed E-state index contributed by atoms with van der Waals surface area (Å²) in [5.41, 5.74) is 1.32. The van der Waals surface area contributed by atoms with Crippen molar-refractivity contribution in [3.8, 4) is 0 Å². The summed E-state index contributed by atoms with van der Waals surface area (Å²) in [4.78, 5) is 3.80. The predicted molar refractivity (Wildman–Crippen MR) is 70.0 cm³/mol. The van der Waals surface area contributed by atoms with Crippen LogP contribution in [0.5, 0.6) is 0 Å². The van der Waals surface area contributed by atoms with E-state index in [0.29, 0.717) is 6.54 Å². The van der Waals surface area contributed by atoms with Crippen molar-refractivity contribution >= 4 is 21.6 Å². The summed E-state index contributed by atoms with van der Waals surface area (Å²) in [6, 6.07) is 0. The number of aromatic nitrogens is 2. The van der Waals surface area contributed by atoms with Gasteiger partial charge in [0.2, 0.25) is 5.03 Å². The highest BCUT2D eigenvalue weighted by Gasteiger charge is 2.21. The van der Waals surface area contributed by atoms with Gasteiger partial charge in [-0.15, -0.1) is 0 Å². The second kappa shape index (κ2) is 5.42. The monoisotopic (exact) mass is 289 g/mol. The summed E-state index contributed by atoms with van der Waals surface area (Å²) in [5.74, 6) is 0. The van der Waals surface area contributed by atoms with E-state index in [0.717, 1.165) is 19.3 Å². The van der Waals surface area contributed by atoms with E-state index in [-0.39, 0.29) is 10.2 Å². The van der Waals surface area contributed by atoms with Crippen LogP contribution >= 0.6 is 11.6 Å². The van der Waals surface area contributed by atoms with Gasteiger partial charge in [-0.25, -0.2) is 18.1 Å². The van der Waals surface area contributed by atoms with Gasteiger partial charge >= 0.3 is 0 Å². The molecule has 0 radical (unpaired) electrons. The molecule has 1 aromatic rings. The van der Waals surface area contributed by atoms with E-state index in [9.17, 15) is 8.42 Å². The van der Waals surface area contributed by atoms with Gasteiger partial charge in [0.1, 0.15) is 5.15 Å². The van der Waals surface area contributed by atoms with Gasteiger partial charge in [-0.2, -0.15) is 0 Å². The van der Waals surface area contributed by atoms with Crippen molar-refractivity contribution < 1.29 is 8.42 Å². The highest BCUT2D eigenvalue weighted by atomic mass is 35.5. The molecule has 0 spiro atoms. The fourth-order valence-electron chi connectivity index (χ4n) is 1.95. The molecule has 5 nitrogen and oxygen atoms in total. The number of imidazole rings is 1. The standard InChI is InChI=1S/C11H16ClN3O2S/c1-15-8-13-11(10(15)12)18(16,17)14-7-6-9-4-2-3-5-9/h4,8,14H,2-3,5-7H2,1H3. The van der Waals surface area contributed by atoms with Gasteiger partial charge in [-0.05, 0) is 25.7 Å².